The normalized spacial score (nSPS) is 14.0. The highest BCUT2D eigenvalue weighted by atomic mass is 32.2. The minimum absolute atomic E-state index is 0.0262. The Hall–Kier alpha value is -3.00. The van der Waals surface area contributed by atoms with Crippen molar-refractivity contribution in [3.8, 4) is 5.88 Å². The van der Waals surface area contributed by atoms with Crippen molar-refractivity contribution in [1.82, 2.24) is 4.98 Å². The molecule has 2 heterocycles. The molecule has 1 aromatic heterocycles. The van der Waals surface area contributed by atoms with Gasteiger partial charge < -0.3 is 10.1 Å². The third-order valence-corrected chi connectivity index (χ3v) is 4.78. The van der Waals surface area contributed by atoms with Crippen LogP contribution in [-0.2, 0) is 15.6 Å². The van der Waals surface area contributed by atoms with E-state index in [0.29, 0.717) is 22.2 Å². The molecule has 1 aliphatic heterocycles. The largest absolute Gasteiger partial charge is 0.494 e. The Morgan fingerprint density at radius 3 is 2.84 bits per heavy atom. The van der Waals surface area contributed by atoms with E-state index in [9.17, 15) is 13.5 Å². The molecule has 3 aromatic rings. The predicted octanol–water partition coefficient (Wildman–Crippen LogP) is 1.88. The van der Waals surface area contributed by atoms with Gasteiger partial charge in [-0.25, -0.2) is 8.42 Å². The minimum Gasteiger partial charge on any atom is -0.494 e. The third-order valence-electron chi connectivity index (χ3n) is 3.93. The van der Waals surface area contributed by atoms with Crippen molar-refractivity contribution in [3.63, 3.8) is 0 Å². The van der Waals surface area contributed by atoms with E-state index < -0.39 is 9.84 Å². The molecule has 0 fully saturated rings. The fraction of sp³-hybridized carbons (Fsp3) is 0.118. The van der Waals surface area contributed by atoms with Crippen LogP contribution in [0.4, 0.5) is 5.69 Å². The molecule has 0 saturated carbocycles. The second-order valence-electron chi connectivity index (χ2n) is 6.02. The highest BCUT2D eigenvalue weighted by Gasteiger charge is 2.12. The van der Waals surface area contributed by atoms with Crippen molar-refractivity contribution in [2.24, 2.45) is 15.4 Å². The summed E-state index contributed by atoms with van der Waals surface area (Å²) in [4.78, 5) is 2.90. The van der Waals surface area contributed by atoms with Gasteiger partial charge in [-0.3, -0.25) is 0 Å². The van der Waals surface area contributed by atoms with Crippen molar-refractivity contribution >= 4 is 32.5 Å². The summed E-state index contributed by atoms with van der Waals surface area (Å²) in [6, 6.07) is 10.8. The van der Waals surface area contributed by atoms with Gasteiger partial charge in [-0.2, -0.15) is 0 Å². The summed E-state index contributed by atoms with van der Waals surface area (Å²) in [6.07, 6.45) is 3.01. The highest BCUT2D eigenvalue weighted by molar-refractivity contribution is 7.89. The Kier molecular flexibility index (Phi) is 3.43. The first kappa shape index (κ1) is 15.5. The maximum absolute atomic E-state index is 11.5. The summed E-state index contributed by atoms with van der Waals surface area (Å²) in [7, 11) is -3.13. The molecular formula is C17H14N4O3S. The van der Waals surface area contributed by atoms with Crippen molar-refractivity contribution in [2.45, 2.75) is 5.75 Å². The van der Waals surface area contributed by atoms with E-state index in [1.54, 1.807) is 18.2 Å². The lowest BCUT2D eigenvalue weighted by Crippen LogP contribution is -2.06. The second-order valence-corrected chi connectivity index (χ2v) is 8.16. The second kappa shape index (κ2) is 5.52. The van der Waals surface area contributed by atoms with Crippen LogP contribution in [0.5, 0.6) is 5.88 Å². The number of rotatable bonds is 3. The van der Waals surface area contributed by atoms with E-state index in [0.717, 1.165) is 16.1 Å². The maximum atomic E-state index is 11.5. The number of hydrogen-bond acceptors (Lipinski definition) is 6. The van der Waals surface area contributed by atoms with Gasteiger partial charge in [-0.15, -0.1) is 10.2 Å². The average Bonchev–Trinajstić information content (AvgIpc) is 3.11. The zero-order valence-electron chi connectivity index (χ0n) is 13.3. The van der Waals surface area contributed by atoms with Crippen LogP contribution in [0, 0.1) is 0 Å². The van der Waals surface area contributed by atoms with Crippen LogP contribution in [0.2, 0.25) is 0 Å². The fourth-order valence-corrected chi connectivity index (χ4v) is 3.65. The number of H-pyrrole nitrogens is 1. The number of nitrogens with one attached hydrogen (secondary N) is 1. The molecule has 0 spiro atoms. The first-order valence-electron chi connectivity index (χ1n) is 7.51. The quantitative estimate of drug-likeness (QED) is 0.750. The molecule has 4 rings (SSSR count). The molecule has 1 aliphatic rings. The summed E-state index contributed by atoms with van der Waals surface area (Å²) >= 11 is 0. The summed E-state index contributed by atoms with van der Waals surface area (Å²) in [5.74, 6) is -0.0204. The summed E-state index contributed by atoms with van der Waals surface area (Å²) in [5, 5.41) is 24.0. The van der Waals surface area contributed by atoms with E-state index in [4.69, 9.17) is 0 Å². The van der Waals surface area contributed by atoms with Gasteiger partial charge in [0.2, 0.25) is 0 Å². The number of benzene rings is 2. The molecule has 126 valence electrons. The molecule has 0 unspecified atom stereocenters. The Bertz CT molecular complexity index is 1260. The van der Waals surface area contributed by atoms with E-state index in [2.05, 4.69) is 20.4 Å². The standard InChI is InChI=1S/C17H14N4O3S/c1-25(23,24)9-11-3-4-14-12(7-11)13(17(22)18-14)6-10-2-5-15-16(8-10)20-21-19-15/h2-8,18,22H,9H2,1H3/b10-6-. The number of sulfone groups is 1. The van der Waals surface area contributed by atoms with Gasteiger partial charge in [0.15, 0.2) is 15.7 Å². The van der Waals surface area contributed by atoms with Gasteiger partial charge in [-0.05, 0) is 46.3 Å². The van der Waals surface area contributed by atoms with Crippen molar-refractivity contribution in [1.29, 1.82) is 0 Å². The number of hydrogen-bond donors (Lipinski definition) is 2. The lowest BCUT2D eigenvalue weighted by molar-refractivity contribution is 0.457. The fourth-order valence-electron chi connectivity index (χ4n) is 2.86. The van der Waals surface area contributed by atoms with E-state index in [1.165, 1.54) is 6.26 Å². The van der Waals surface area contributed by atoms with Gasteiger partial charge in [0.25, 0.3) is 0 Å². The molecule has 2 N–H and O–H groups in total. The van der Waals surface area contributed by atoms with Crippen LogP contribution in [0.25, 0.3) is 17.0 Å². The van der Waals surface area contributed by atoms with E-state index in [-0.39, 0.29) is 11.6 Å². The zero-order valence-corrected chi connectivity index (χ0v) is 14.1. The lowest BCUT2D eigenvalue weighted by Gasteiger charge is -2.00. The lowest BCUT2D eigenvalue weighted by atomic mass is 10.1. The van der Waals surface area contributed by atoms with Crippen LogP contribution >= 0.6 is 0 Å². The summed E-state index contributed by atoms with van der Waals surface area (Å²) < 4.78 is 23.1. The number of aromatic amines is 1. The first-order chi connectivity index (χ1) is 11.9. The molecule has 25 heavy (non-hydrogen) atoms. The van der Waals surface area contributed by atoms with Crippen LogP contribution in [0.3, 0.4) is 0 Å². The Labute approximate surface area is 143 Å². The monoisotopic (exact) mass is 354 g/mol. The Balaban J connectivity index is 1.88. The zero-order chi connectivity index (χ0) is 17.6. The predicted molar refractivity (Wildman–Crippen MR) is 93.8 cm³/mol. The van der Waals surface area contributed by atoms with Crippen molar-refractivity contribution in [3.05, 3.63) is 58.1 Å². The van der Waals surface area contributed by atoms with Crippen LogP contribution in [0.15, 0.2) is 51.8 Å². The average molecular weight is 354 g/mol. The number of aromatic hydroxyl groups is 1. The van der Waals surface area contributed by atoms with Crippen LogP contribution in [0.1, 0.15) is 11.1 Å². The van der Waals surface area contributed by atoms with Crippen molar-refractivity contribution in [2.75, 3.05) is 6.26 Å². The third kappa shape index (κ3) is 3.03. The molecular weight excluding hydrogens is 340 g/mol. The summed E-state index contributed by atoms with van der Waals surface area (Å²) in [6.45, 7) is 0. The minimum atomic E-state index is -3.13. The molecule has 0 amide bonds. The van der Waals surface area contributed by atoms with Gasteiger partial charge >= 0.3 is 0 Å². The van der Waals surface area contributed by atoms with Gasteiger partial charge in [0.05, 0.1) is 5.75 Å². The van der Waals surface area contributed by atoms with Crippen LogP contribution < -0.4 is 10.6 Å². The number of fused-ring (bicyclic) bond motifs is 2. The van der Waals surface area contributed by atoms with E-state index in [1.807, 2.05) is 24.3 Å². The molecule has 7 nitrogen and oxygen atoms in total. The maximum Gasteiger partial charge on any atom is 0.196 e. The molecule has 0 bridgehead atoms. The Morgan fingerprint density at radius 2 is 2.04 bits per heavy atom. The number of aromatic nitrogens is 1. The highest BCUT2D eigenvalue weighted by Crippen LogP contribution is 2.29. The topological polar surface area (TPSA) is 107 Å². The molecule has 0 aliphatic carbocycles. The first-order valence-corrected chi connectivity index (χ1v) is 9.57. The molecule has 0 atom stereocenters. The molecule has 0 saturated heterocycles. The number of nitrogens with zero attached hydrogens (tertiary/aromatic N) is 3. The van der Waals surface area contributed by atoms with Gasteiger partial charge in [0, 0.05) is 22.7 Å². The Morgan fingerprint density at radius 1 is 1.20 bits per heavy atom. The van der Waals surface area contributed by atoms with E-state index >= 15 is 0 Å². The van der Waals surface area contributed by atoms with Gasteiger partial charge in [-0.1, -0.05) is 12.1 Å². The molecule has 0 radical (unpaired) electrons. The SMILES string of the molecule is CS(=O)(=O)Cc1ccc2[nH]c(O)c(/C=c3/ccc4c(c3)N=NN=4)c2c1. The molecule has 8 heteroatoms. The van der Waals surface area contributed by atoms with Crippen molar-refractivity contribution < 1.29 is 13.5 Å². The summed E-state index contributed by atoms with van der Waals surface area (Å²) in [5.41, 5.74) is 2.67. The smallest absolute Gasteiger partial charge is 0.196 e. The van der Waals surface area contributed by atoms with Gasteiger partial charge in [0.1, 0.15) is 11.0 Å². The van der Waals surface area contributed by atoms with Crippen LogP contribution in [-0.4, -0.2) is 24.8 Å². The molecule has 2 aromatic carbocycles.